The Morgan fingerprint density at radius 3 is 2.88 bits per heavy atom. The van der Waals surface area contributed by atoms with E-state index in [1.807, 2.05) is 6.92 Å². The van der Waals surface area contributed by atoms with Crippen molar-refractivity contribution in [2.45, 2.75) is 6.92 Å². The largest absolute Gasteiger partial charge is 0.393 e. The highest BCUT2D eigenvalue weighted by Crippen LogP contribution is 2.03. The summed E-state index contributed by atoms with van der Waals surface area (Å²) in [6, 6.07) is 5.50. The molecule has 1 atom stereocenters. The molecule has 0 aliphatic rings. The number of carbonyl (C=O) groups excluding carboxylic acids is 1. The van der Waals surface area contributed by atoms with Crippen LogP contribution >= 0.6 is 12.2 Å². The van der Waals surface area contributed by atoms with E-state index in [2.05, 4.69) is 5.32 Å². The predicted octanol–water partition coefficient (Wildman–Crippen LogP) is 1.48. The SMILES string of the molecule is CC(CNC(=O)c1cccc(F)c1)C(N)=S. The molecule has 0 aliphatic carbocycles. The lowest BCUT2D eigenvalue weighted by Gasteiger charge is -2.10. The number of thiocarbonyl (C=S) groups is 1. The van der Waals surface area contributed by atoms with Gasteiger partial charge in [0.2, 0.25) is 0 Å². The van der Waals surface area contributed by atoms with Gasteiger partial charge in [-0.2, -0.15) is 0 Å². The molecule has 0 heterocycles. The number of benzene rings is 1. The zero-order valence-corrected chi connectivity index (χ0v) is 9.68. The molecular weight excluding hydrogens is 227 g/mol. The first-order chi connectivity index (χ1) is 7.50. The summed E-state index contributed by atoms with van der Waals surface area (Å²) in [6.45, 7) is 2.17. The van der Waals surface area contributed by atoms with Crippen LogP contribution in [-0.2, 0) is 0 Å². The van der Waals surface area contributed by atoms with Crippen molar-refractivity contribution in [1.29, 1.82) is 0 Å². The van der Waals surface area contributed by atoms with Crippen LogP contribution in [0.4, 0.5) is 4.39 Å². The Hall–Kier alpha value is -1.49. The third kappa shape index (κ3) is 3.58. The van der Waals surface area contributed by atoms with E-state index in [-0.39, 0.29) is 17.4 Å². The fourth-order valence-corrected chi connectivity index (χ4v) is 1.16. The second-order valence-electron chi connectivity index (χ2n) is 3.52. The Morgan fingerprint density at radius 1 is 1.62 bits per heavy atom. The molecule has 16 heavy (non-hydrogen) atoms. The molecule has 5 heteroatoms. The van der Waals surface area contributed by atoms with Crippen molar-refractivity contribution < 1.29 is 9.18 Å². The summed E-state index contributed by atoms with van der Waals surface area (Å²) in [6.07, 6.45) is 0. The van der Waals surface area contributed by atoms with Gasteiger partial charge in [-0.1, -0.05) is 25.2 Å². The van der Waals surface area contributed by atoms with E-state index in [0.717, 1.165) is 0 Å². The summed E-state index contributed by atoms with van der Waals surface area (Å²) in [4.78, 5) is 11.9. The summed E-state index contributed by atoms with van der Waals surface area (Å²) in [7, 11) is 0. The topological polar surface area (TPSA) is 55.1 Å². The Morgan fingerprint density at radius 2 is 2.31 bits per heavy atom. The monoisotopic (exact) mass is 240 g/mol. The summed E-state index contributed by atoms with van der Waals surface area (Å²) < 4.78 is 12.8. The Bertz CT molecular complexity index is 409. The minimum atomic E-state index is -0.435. The van der Waals surface area contributed by atoms with Crippen LogP contribution in [0.3, 0.4) is 0 Å². The van der Waals surface area contributed by atoms with Gasteiger partial charge in [-0.3, -0.25) is 4.79 Å². The van der Waals surface area contributed by atoms with E-state index in [1.54, 1.807) is 6.07 Å². The van der Waals surface area contributed by atoms with Gasteiger partial charge in [0.05, 0.1) is 4.99 Å². The van der Waals surface area contributed by atoms with Gasteiger partial charge in [-0.15, -0.1) is 0 Å². The van der Waals surface area contributed by atoms with Crippen molar-refractivity contribution in [1.82, 2.24) is 5.32 Å². The molecule has 1 aromatic carbocycles. The van der Waals surface area contributed by atoms with Crippen LogP contribution in [0, 0.1) is 11.7 Å². The minimum Gasteiger partial charge on any atom is -0.393 e. The minimum absolute atomic E-state index is 0.0764. The molecule has 3 N–H and O–H groups in total. The van der Waals surface area contributed by atoms with Crippen LogP contribution in [0.25, 0.3) is 0 Å². The average Bonchev–Trinajstić information content (AvgIpc) is 2.25. The third-order valence-corrected chi connectivity index (χ3v) is 2.54. The zero-order chi connectivity index (χ0) is 12.1. The van der Waals surface area contributed by atoms with Crippen LogP contribution in [0.2, 0.25) is 0 Å². The standard InChI is InChI=1S/C11H13FN2OS/c1-7(10(13)16)6-14-11(15)8-3-2-4-9(12)5-8/h2-5,7H,6H2,1H3,(H2,13,16)(H,14,15). The lowest BCUT2D eigenvalue weighted by atomic mass is 10.1. The highest BCUT2D eigenvalue weighted by atomic mass is 32.1. The van der Waals surface area contributed by atoms with Crippen LogP contribution in [0.1, 0.15) is 17.3 Å². The molecule has 0 fully saturated rings. The number of amides is 1. The second-order valence-corrected chi connectivity index (χ2v) is 4.00. The van der Waals surface area contributed by atoms with Crippen molar-refractivity contribution in [3.8, 4) is 0 Å². The lowest BCUT2D eigenvalue weighted by molar-refractivity contribution is 0.0951. The van der Waals surface area contributed by atoms with Crippen molar-refractivity contribution in [3.05, 3.63) is 35.6 Å². The molecular formula is C11H13FN2OS. The van der Waals surface area contributed by atoms with Gasteiger partial charge in [-0.05, 0) is 18.2 Å². The number of carbonyl (C=O) groups is 1. The molecule has 0 radical (unpaired) electrons. The summed E-state index contributed by atoms with van der Waals surface area (Å²) >= 11 is 4.77. The van der Waals surface area contributed by atoms with Gasteiger partial charge in [0.15, 0.2) is 0 Å². The van der Waals surface area contributed by atoms with Gasteiger partial charge in [-0.25, -0.2) is 4.39 Å². The van der Waals surface area contributed by atoms with Gasteiger partial charge in [0.1, 0.15) is 5.82 Å². The van der Waals surface area contributed by atoms with Gasteiger partial charge in [0.25, 0.3) is 5.91 Å². The van der Waals surface area contributed by atoms with E-state index >= 15 is 0 Å². The number of halogens is 1. The maximum Gasteiger partial charge on any atom is 0.251 e. The number of hydrogen-bond donors (Lipinski definition) is 2. The molecule has 0 aromatic heterocycles. The maximum absolute atomic E-state index is 12.8. The van der Waals surface area contributed by atoms with Crippen LogP contribution < -0.4 is 11.1 Å². The molecule has 1 rings (SSSR count). The molecule has 1 amide bonds. The molecule has 0 saturated heterocycles. The molecule has 1 aromatic rings. The Kier molecular flexibility index (Phi) is 4.37. The third-order valence-electron chi connectivity index (χ3n) is 2.14. The van der Waals surface area contributed by atoms with E-state index in [4.69, 9.17) is 18.0 Å². The molecule has 0 saturated carbocycles. The molecule has 0 bridgehead atoms. The van der Waals surface area contributed by atoms with Crippen LogP contribution in [0.5, 0.6) is 0 Å². The lowest BCUT2D eigenvalue weighted by Crippen LogP contribution is -2.33. The van der Waals surface area contributed by atoms with E-state index in [0.29, 0.717) is 11.5 Å². The summed E-state index contributed by atoms with van der Waals surface area (Å²) in [5, 5.41) is 2.63. The predicted molar refractivity (Wildman–Crippen MR) is 64.7 cm³/mol. The highest BCUT2D eigenvalue weighted by molar-refractivity contribution is 7.80. The smallest absolute Gasteiger partial charge is 0.251 e. The number of hydrogen-bond acceptors (Lipinski definition) is 2. The van der Waals surface area contributed by atoms with Crippen LogP contribution in [0.15, 0.2) is 24.3 Å². The van der Waals surface area contributed by atoms with E-state index in [1.165, 1.54) is 18.2 Å². The van der Waals surface area contributed by atoms with Crippen LogP contribution in [-0.4, -0.2) is 17.4 Å². The second kappa shape index (κ2) is 5.55. The molecule has 0 spiro atoms. The highest BCUT2D eigenvalue weighted by Gasteiger charge is 2.09. The quantitative estimate of drug-likeness (QED) is 0.784. The van der Waals surface area contributed by atoms with Crippen molar-refractivity contribution >= 4 is 23.1 Å². The first-order valence-electron chi connectivity index (χ1n) is 4.84. The Balaban J connectivity index is 2.56. The van der Waals surface area contributed by atoms with Crippen molar-refractivity contribution in [2.75, 3.05) is 6.54 Å². The van der Waals surface area contributed by atoms with Gasteiger partial charge >= 0.3 is 0 Å². The Labute approximate surface area is 98.8 Å². The van der Waals surface area contributed by atoms with Gasteiger partial charge in [0, 0.05) is 18.0 Å². The number of nitrogens with one attached hydrogen (secondary N) is 1. The normalized spacial score (nSPS) is 11.9. The first kappa shape index (κ1) is 12.6. The summed E-state index contributed by atoms with van der Waals surface area (Å²) in [5.74, 6) is -0.842. The average molecular weight is 240 g/mol. The molecule has 1 unspecified atom stereocenters. The van der Waals surface area contributed by atoms with Crippen molar-refractivity contribution in [2.24, 2.45) is 11.7 Å². The summed E-state index contributed by atoms with van der Waals surface area (Å²) in [5.41, 5.74) is 5.69. The molecule has 0 aliphatic heterocycles. The molecule has 3 nitrogen and oxygen atoms in total. The number of rotatable bonds is 4. The fraction of sp³-hybridized carbons (Fsp3) is 0.273. The molecule has 86 valence electrons. The maximum atomic E-state index is 12.8. The van der Waals surface area contributed by atoms with E-state index in [9.17, 15) is 9.18 Å². The first-order valence-corrected chi connectivity index (χ1v) is 5.24. The fourth-order valence-electron chi connectivity index (χ4n) is 1.08. The van der Waals surface area contributed by atoms with Gasteiger partial charge < -0.3 is 11.1 Å². The zero-order valence-electron chi connectivity index (χ0n) is 8.87. The van der Waals surface area contributed by atoms with Crippen molar-refractivity contribution in [3.63, 3.8) is 0 Å². The van der Waals surface area contributed by atoms with E-state index < -0.39 is 5.82 Å². The number of nitrogens with two attached hydrogens (primary N) is 1.